The topological polar surface area (TPSA) is 91.2 Å². The van der Waals surface area contributed by atoms with Gasteiger partial charge in [0.15, 0.2) is 20.8 Å². The molecule has 1 fully saturated rings. The van der Waals surface area contributed by atoms with E-state index in [1.807, 2.05) is 23.7 Å². The highest BCUT2D eigenvalue weighted by atomic mass is 32.2. The molecule has 0 amide bonds. The number of ketones is 1. The van der Waals surface area contributed by atoms with Gasteiger partial charge in [0.25, 0.3) is 0 Å². The zero-order chi connectivity index (χ0) is 19.4. The quantitative estimate of drug-likeness (QED) is 0.375. The highest BCUT2D eigenvalue weighted by molar-refractivity contribution is 7.99. The molecule has 1 aromatic carbocycles. The molecular weight excluding hydrogens is 386 g/mol. The number of sulfone groups is 1. The first kappa shape index (κ1) is 19.9. The molecule has 0 spiro atoms. The summed E-state index contributed by atoms with van der Waals surface area (Å²) >= 11 is 1.52. The van der Waals surface area contributed by atoms with Crippen molar-refractivity contribution >= 4 is 27.4 Å². The Bertz CT molecular complexity index is 924. The number of hydrogen-bond acceptors (Lipinski definition) is 7. The lowest BCUT2D eigenvalue weighted by Gasteiger charge is -2.10. The smallest absolute Gasteiger partial charge is 0.191 e. The second-order valence-corrected chi connectivity index (χ2v) is 9.97. The zero-order valence-electron chi connectivity index (χ0n) is 15.4. The van der Waals surface area contributed by atoms with Crippen LogP contribution >= 0.6 is 11.8 Å². The normalized spacial score (nSPS) is 18.5. The maximum absolute atomic E-state index is 11.6. The second-order valence-electron chi connectivity index (χ2n) is 6.68. The fourth-order valence-electron chi connectivity index (χ4n) is 3.11. The van der Waals surface area contributed by atoms with Crippen molar-refractivity contribution in [3.63, 3.8) is 0 Å². The number of ether oxygens (including phenoxy) is 1. The number of rotatable bonds is 8. The fourth-order valence-corrected chi connectivity index (χ4v) is 5.72. The Labute approximate surface area is 163 Å². The van der Waals surface area contributed by atoms with Crippen molar-refractivity contribution in [1.29, 1.82) is 0 Å². The Hall–Kier alpha value is -1.87. The number of Topliss-reactive ketones (excluding diaryl/α,β-unsaturated/α-hetero) is 1. The average Bonchev–Trinajstić information content (AvgIpc) is 3.15. The van der Waals surface area contributed by atoms with Gasteiger partial charge >= 0.3 is 0 Å². The molecule has 9 heteroatoms. The lowest BCUT2D eigenvalue weighted by molar-refractivity contribution is 0.101. The minimum Gasteiger partial charge on any atom is -0.492 e. The van der Waals surface area contributed by atoms with Crippen molar-refractivity contribution in [3.05, 3.63) is 35.7 Å². The van der Waals surface area contributed by atoms with E-state index in [0.717, 1.165) is 11.0 Å². The predicted octanol–water partition coefficient (Wildman–Crippen LogP) is 2.17. The average molecular weight is 410 g/mol. The van der Waals surface area contributed by atoms with Crippen LogP contribution in [0.2, 0.25) is 0 Å². The Balaban J connectivity index is 1.51. The van der Waals surface area contributed by atoms with Crippen molar-refractivity contribution in [2.24, 2.45) is 13.0 Å². The van der Waals surface area contributed by atoms with E-state index < -0.39 is 9.84 Å². The maximum Gasteiger partial charge on any atom is 0.191 e. The molecular formula is C18H23N3O4S2. The highest BCUT2D eigenvalue weighted by Crippen LogP contribution is 2.24. The van der Waals surface area contributed by atoms with Crippen LogP contribution in [0.25, 0.3) is 0 Å². The molecule has 0 saturated carbocycles. The van der Waals surface area contributed by atoms with Crippen LogP contribution in [0.1, 0.15) is 29.5 Å². The van der Waals surface area contributed by atoms with Crippen LogP contribution < -0.4 is 4.74 Å². The van der Waals surface area contributed by atoms with Gasteiger partial charge in [0.05, 0.1) is 23.7 Å². The van der Waals surface area contributed by atoms with E-state index in [2.05, 4.69) is 10.2 Å². The Kier molecular flexibility index (Phi) is 6.21. The van der Waals surface area contributed by atoms with Gasteiger partial charge in [0.2, 0.25) is 0 Å². The molecule has 1 unspecified atom stereocenters. The van der Waals surface area contributed by atoms with E-state index in [1.165, 1.54) is 18.7 Å². The maximum atomic E-state index is 11.6. The summed E-state index contributed by atoms with van der Waals surface area (Å²) in [6.45, 7) is 1.96. The molecule has 2 heterocycles. The third kappa shape index (κ3) is 5.10. The third-order valence-electron chi connectivity index (χ3n) is 4.56. The van der Waals surface area contributed by atoms with Gasteiger partial charge in [0.1, 0.15) is 11.6 Å². The van der Waals surface area contributed by atoms with Gasteiger partial charge in [-0.05, 0) is 31.4 Å². The summed E-state index contributed by atoms with van der Waals surface area (Å²) in [5, 5.41) is 9.19. The van der Waals surface area contributed by atoms with Crippen molar-refractivity contribution in [1.82, 2.24) is 14.8 Å². The van der Waals surface area contributed by atoms with Gasteiger partial charge in [-0.2, -0.15) is 0 Å². The number of aromatic nitrogens is 3. The minimum atomic E-state index is -2.88. The first-order chi connectivity index (χ1) is 12.9. The molecule has 7 nitrogen and oxygen atoms in total. The molecule has 1 aliphatic heterocycles. The third-order valence-corrected chi connectivity index (χ3v) is 7.38. The summed E-state index contributed by atoms with van der Waals surface area (Å²) in [5.41, 5.74) is 0.579. The summed E-state index contributed by atoms with van der Waals surface area (Å²) in [7, 11) is -0.983. The molecule has 1 atom stereocenters. The van der Waals surface area contributed by atoms with Gasteiger partial charge < -0.3 is 9.30 Å². The molecule has 1 aromatic heterocycles. The molecule has 0 aliphatic carbocycles. The van der Waals surface area contributed by atoms with Crippen LogP contribution in [0.4, 0.5) is 0 Å². The highest BCUT2D eigenvalue weighted by Gasteiger charge is 2.29. The van der Waals surface area contributed by atoms with Crippen molar-refractivity contribution in [2.45, 2.75) is 24.9 Å². The molecule has 3 rings (SSSR count). The number of carbonyl (C=O) groups excluding carboxylic acids is 1. The summed E-state index contributed by atoms with van der Waals surface area (Å²) in [5.74, 6) is 2.68. The predicted molar refractivity (Wildman–Crippen MR) is 104 cm³/mol. The molecule has 0 N–H and O–H groups in total. The number of benzene rings is 1. The largest absolute Gasteiger partial charge is 0.492 e. The van der Waals surface area contributed by atoms with Gasteiger partial charge in [-0.15, -0.1) is 10.2 Å². The van der Waals surface area contributed by atoms with Crippen molar-refractivity contribution in [2.75, 3.05) is 23.9 Å². The molecule has 2 aromatic rings. The van der Waals surface area contributed by atoms with E-state index in [-0.39, 0.29) is 23.2 Å². The standard InChI is InChI=1S/C18H23N3O4S2/c1-13(22)15-5-3-4-6-16(15)25-8-9-26-18-20-19-17(21(18)2)11-14-7-10-27(23,24)12-14/h3-6,14H,7-12H2,1-2H3. The van der Waals surface area contributed by atoms with Gasteiger partial charge in [-0.1, -0.05) is 23.9 Å². The Morgan fingerprint density at radius 3 is 2.81 bits per heavy atom. The minimum absolute atomic E-state index is 0.0230. The number of thioether (sulfide) groups is 1. The lowest BCUT2D eigenvalue weighted by atomic mass is 10.1. The van der Waals surface area contributed by atoms with Gasteiger partial charge in [-0.25, -0.2) is 8.42 Å². The number of carbonyl (C=O) groups is 1. The molecule has 1 saturated heterocycles. The summed E-state index contributed by atoms with van der Waals surface area (Å²) in [6.07, 6.45) is 1.33. The molecule has 27 heavy (non-hydrogen) atoms. The SMILES string of the molecule is CC(=O)c1ccccc1OCCSc1nnc(CC2CCS(=O)(=O)C2)n1C. The van der Waals surface area contributed by atoms with E-state index in [0.29, 0.717) is 36.5 Å². The van der Waals surface area contributed by atoms with Gasteiger partial charge in [-0.3, -0.25) is 4.79 Å². The van der Waals surface area contributed by atoms with Crippen molar-refractivity contribution in [3.8, 4) is 5.75 Å². The van der Waals surface area contributed by atoms with E-state index >= 15 is 0 Å². The van der Waals surface area contributed by atoms with Crippen LogP contribution in [-0.2, 0) is 23.3 Å². The molecule has 146 valence electrons. The second kappa shape index (κ2) is 8.43. The first-order valence-electron chi connectivity index (χ1n) is 8.80. The van der Waals surface area contributed by atoms with E-state index in [9.17, 15) is 13.2 Å². The first-order valence-corrected chi connectivity index (χ1v) is 11.6. The summed E-state index contributed by atoms with van der Waals surface area (Å²) in [4.78, 5) is 11.6. The fraction of sp³-hybridized carbons (Fsp3) is 0.500. The zero-order valence-corrected chi connectivity index (χ0v) is 17.1. The van der Waals surface area contributed by atoms with Crippen LogP contribution in [-0.4, -0.2) is 52.8 Å². The van der Waals surface area contributed by atoms with Gasteiger partial charge in [0, 0.05) is 19.2 Å². The summed E-state index contributed by atoms with van der Waals surface area (Å²) in [6, 6.07) is 7.20. The molecule has 0 radical (unpaired) electrons. The van der Waals surface area contributed by atoms with Crippen LogP contribution in [0.3, 0.4) is 0 Å². The summed E-state index contributed by atoms with van der Waals surface area (Å²) < 4.78 is 30.8. The molecule has 0 bridgehead atoms. The lowest BCUT2D eigenvalue weighted by Crippen LogP contribution is -2.11. The number of para-hydroxylation sites is 1. The van der Waals surface area contributed by atoms with E-state index in [4.69, 9.17) is 4.74 Å². The Morgan fingerprint density at radius 1 is 1.33 bits per heavy atom. The van der Waals surface area contributed by atoms with Crippen LogP contribution in [0.15, 0.2) is 29.4 Å². The van der Waals surface area contributed by atoms with Crippen molar-refractivity contribution < 1.29 is 17.9 Å². The number of nitrogens with zero attached hydrogens (tertiary/aromatic N) is 3. The monoisotopic (exact) mass is 409 g/mol. The van der Waals surface area contributed by atoms with Crippen LogP contribution in [0, 0.1) is 5.92 Å². The van der Waals surface area contributed by atoms with Crippen LogP contribution in [0.5, 0.6) is 5.75 Å². The number of hydrogen-bond donors (Lipinski definition) is 0. The Morgan fingerprint density at radius 2 is 2.11 bits per heavy atom. The van der Waals surface area contributed by atoms with E-state index in [1.54, 1.807) is 12.1 Å². The molecule has 1 aliphatic rings.